The molecular weight excluding hydrogens is 242 g/mol. The Hall–Kier alpha value is -1.63. The summed E-state index contributed by atoms with van der Waals surface area (Å²) in [5.74, 6) is 0. The zero-order chi connectivity index (χ0) is 11.5. The lowest BCUT2D eigenvalue weighted by Crippen LogP contribution is -1.82. The van der Waals surface area contributed by atoms with E-state index in [0.717, 1.165) is 16.7 Å². The minimum atomic E-state index is 0.430. The van der Waals surface area contributed by atoms with Gasteiger partial charge in [-0.3, -0.25) is 4.79 Å². The maximum absolute atomic E-state index is 10.6. The van der Waals surface area contributed by atoms with Gasteiger partial charge >= 0.3 is 0 Å². The van der Waals surface area contributed by atoms with Crippen LogP contribution in [-0.4, -0.2) is 6.29 Å². The van der Waals surface area contributed by atoms with Crippen LogP contribution in [0.5, 0.6) is 0 Å². The highest BCUT2D eigenvalue weighted by molar-refractivity contribution is 7.16. The van der Waals surface area contributed by atoms with E-state index in [1.54, 1.807) is 18.2 Å². The molecule has 2 rings (SSSR count). The van der Waals surface area contributed by atoms with Gasteiger partial charge in [-0.2, -0.15) is 5.26 Å². The van der Waals surface area contributed by atoms with Crippen molar-refractivity contribution in [2.45, 2.75) is 0 Å². The van der Waals surface area contributed by atoms with Crippen LogP contribution in [0.15, 0.2) is 30.3 Å². The number of nitrogens with zero attached hydrogens (tertiary/aromatic N) is 1. The summed E-state index contributed by atoms with van der Waals surface area (Å²) in [7, 11) is 0. The molecule has 0 fully saturated rings. The molecule has 0 spiro atoms. The van der Waals surface area contributed by atoms with Gasteiger partial charge in [-0.25, -0.2) is 0 Å². The van der Waals surface area contributed by atoms with Crippen molar-refractivity contribution in [2.75, 3.05) is 0 Å². The standard InChI is InChI=1S/C12H6ClNOS/c13-11-5-8(1-2-9(11)7-15)12-4-3-10(6-14)16-12/h1-5,7H. The molecule has 2 aromatic rings. The van der Waals surface area contributed by atoms with Gasteiger partial charge in [0.15, 0.2) is 6.29 Å². The zero-order valence-corrected chi connectivity index (χ0v) is 9.68. The maximum Gasteiger partial charge on any atom is 0.151 e. The molecule has 0 aliphatic rings. The number of hydrogen-bond acceptors (Lipinski definition) is 3. The van der Waals surface area contributed by atoms with E-state index in [4.69, 9.17) is 16.9 Å². The average Bonchev–Trinajstić information content (AvgIpc) is 2.77. The molecule has 0 aliphatic heterocycles. The molecule has 0 saturated carbocycles. The Balaban J connectivity index is 2.45. The van der Waals surface area contributed by atoms with Gasteiger partial charge < -0.3 is 0 Å². The van der Waals surface area contributed by atoms with E-state index in [9.17, 15) is 4.79 Å². The van der Waals surface area contributed by atoms with E-state index >= 15 is 0 Å². The van der Waals surface area contributed by atoms with Crippen molar-refractivity contribution >= 4 is 29.2 Å². The van der Waals surface area contributed by atoms with Crippen LogP contribution in [0.1, 0.15) is 15.2 Å². The first-order chi connectivity index (χ1) is 7.74. The van der Waals surface area contributed by atoms with E-state index in [1.165, 1.54) is 11.3 Å². The highest BCUT2D eigenvalue weighted by Crippen LogP contribution is 2.30. The lowest BCUT2D eigenvalue weighted by atomic mass is 10.1. The second-order valence-electron chi connectivity index (χ2n) is 3.13. The van der Waals surface area contributed by atoms with Crippen molar-refractivity contribution in [2.24, 2.45) is 0 Å². The fourth-order valence-corrected chi connectivity index (χ4v) is 2.35. The second-order valence-corrected chi connectivity index (χ2v) is 4.62. The van der Waals surface area contributed by atoms with E-state index in [2.05, 4.69) is 6.07 Å². The Kier molecular flexibility index (Phi) is 3.04. The normalized spacial score (nSPS) is 9.75. The first kappa shape index (κ1) is 10.9. The third-order valence-electron chi connectivity index (χ3n) is 2.13. The van der Waals surface area contributed by atoms with Gasteiger partial charge in [0.2, 0.25) is 0 Å². The SMILES string of the molecule is N#Cc1ccc(-c2ccc(C=O)c(Cl)c2)s1. The van der Waals surface area contributed by atoms with Crippen molar-refractivity contribution < 1.29 is 4.79 Å². The molecule has 0 amide bonds. The minimum absolute atomic E-state index is 0.430. The Morgan fingerprint density at radius 2 is 2.12 bits per heavy atom. The van der Waals surface area contributed by atoms with Crippen molar-refractivity contribution in [3.05, 3.63) is 45.8 Å². The Morgan fingerprint density at radius 1 is 1.31 bits per heavy atom. The summed E-state index contributed by atoms with van der Waals surface area (Å²) in [6.07, 6.45) is 0.723. The smallest absolute Gasteiger partial charge is 0.151 e. The van der Waals surface area contributed by atoms with Crippen LogP contribution in [-0.2, 0) is 0 Å². The molecule has 4 heteroatoms. The van der Waals surface area contributed by atoms with Crippen molar-refractivity contribution in [1.82, 2.24) is 0 Å². The van der Waals surface area contributed by atoms with Crippen LogP contribution >= 0.6 is 22.9 Å². The number of thiophene rings is 1. The first-order valence-corrected chi connectivity index (χ1v) is 5.69. The van der Waals surface area contributed by atoms with Crippen molar-refractivity contribution in [3.63, 3.8) is 0 Å². The summed E-state index contributed by atoms with van der Waals surface area (Å²) >= 11 is 7.33. The van der Waals surface area contributed by atoms with E-state index in [1.807, 2.05) is 12.1 Å². The van der Waals surface area contributed by atoms with Crippen LogP contribution in [0.2, 0.25) is 5.02 Å². The van der Waals surface area contributed by atoms with Crippen molar-refractivity contribution in [1.29, 1.82) is 5.26 Å². The lowest BCUT2D eigenvalue weighted by Gasteiger charge is -2.00. The van der Waals surface area contributed by atoms with Gasteiger partial charge in [0.25, 0.3) is 0 Å². The predicted molar refractivity (Wildman–Crippen MR) is 64.9 cm³/mol. The number of halogens is 1. The van der Waals surface area contributed by atoms with Gasteiger partial charge in [0.1, 0.15) is 10.9 Å². The molecule has 1 heterocycles. The zero-order valence-electron chi connectivity index (χ0n) is 8.11. The molecule has 0 aliphatic carbocycles. The first-order valence-electron chi connectivity index (χ1n) is 4.49. The van der Waals surface area contributed by atoms with Crippen molar-refractivity contribution in [3.8, 4) is 16.5 Å². The second kappa shape index (κ2) is 4.48. The van der Waals surface area contributed by atoms with E-state index < -0.39 is 0 Å². The largest absolute Gasteiger partial charge is 0.298 e. The number of nitriles is 1. The van der Waals surface area contributed by atoms with Crippen LogP contribution in [0, 0.1) is 11.3 Å². The van der Waals surface area contributed by atoms with Gasteiger partial charge in [0, 0.05) is 10.4 Å². The third-order valence-corrected chi connectivity index (χ3v) is 3.49. The number of hydrogen-bond donors (Lipinski definition) is 0. The Bertz CT molecular complexity index is 583. The molecule has 0 atom stereocenters. The van der Waals surface area contributed by atoms with Crippen LogP contribution in [0.25, 0.3) is 10.4 Å². The molecule has 1 aromatic carbocycles. The molecule has 78 valence electrons. The molecule has 0 radical (unpaired) electrons. The molecule has 16 heavy (non-hydrogen) atoms. The molecule has 1 aromatic heterocycles. The summed E-state index contributed by atoms with van der Waals surface area (Å²) in [4.78, 5) is 12.2. The number of rotatable bonds is 2. The van der Waals surface area contributed by atoms with Gasteiger partial charge in [-0.15, -0.1) is 11.3 Å². The number of carbonyl (C=O) groups is 1. The highest BCUT2D eigenvalue weighted by atomic mass is 35.5. The molecule has 0 saturated heterocycles. The van der Waals surface area contributed by atoms with Crippen LogP contribution in [0.4, 0.5) is 0 Å². The average molecular weight is 248 g/mol. The predicted octanol–water partition coefficient (Wildman–Crippen LogP) is 3.75. The Morgan fingerprint density at radius 3 is 2.69 bits per heavy atom. The maximum atomic E-state index is 10.6. The van der Waals surface area contributed by atoms with E-state index in [0.29, 0.717) is 15.5 Å². The third kappa shape index (κ3) is 1.99. The summed E-state index contributed by atoms with van der Waals surface area (Å²) < 4.78 is 0. The lowest BCUT2D eigenvalue weighted by molar-refractivity contribution is 0.112. The number of benzene rings is 1. The van der Waals surface area contributed by atoms with Gasteiger partial charge in [0.05, 0.1) is 5.02 Å². The Labute approximate surface area is 102 Å². The molecule has 2 nitrogen and oxygen atoms in total. The molecule has 0 unspecified atom stereocenters. The summed E-state index contributed by atoms with van der Waals surface area (Å²) in [5, 5.41) is 9.15. The highest BCUT2D eigenvalue weighted by Gasteiger charge is 2.05. The summed E-state index contributed by atoms with van der Waals surface area (Å²) in [6, 6.07) is 11.0. The van der Waals surface area contributed by atoms with E-state index in [-0.39, 0.29) is 0 Å². The van der Waals surface area contributed by atoms with Gasteiger partial charge in [-0.1, -0.05) is 17.7 Å². The monoisotopic (exact) mass is 247 g/mol. The topological polar surface area (TPSA) is 40.9 Å². The fraction of sp³-hybridized carbons (Fsp3) is 0. The fourth-order valence-electron chi connectivity index (χ4n) is 1.33. The summed E-state index contributed by atoms with van der Waals surface area (Å²) in [5.41, 5.74) is 1.39. The molecular formula is C12H6ClNOS. The molecule has 0 N–H and O–H groups in total. The minimum Gasteiger partial charge on any atom is -0.298 e. The van der Waals surface area contributed by atoms with Crippen LogP contribution in [0.3, 0.4) is 0 Å². The van der Waals surface area contributed by atoms with Gasteiger partial charge in [-0.05, 0) is 29.8 Å². The quantitative estimate of drug-likeness (QED) is 0.759. The molecule has 0 bridgehead atoms. The number of carbonyl (C=O) groups excluding carboxylic acids is 1. The number of aldehydes is 1. The van der Waals surface area contributed by atoms with Crippen LogP contribution < -0.4 is 0 Å². The summed E-state index contributed by atoms with van der Waals surface area (Å²) in [6.45, 7) is 0.